The maximum atomic E-state index is 12.8. The van der Waals surface area contributed by atoms with Gasteiger partial charge in [-0.1, -0.05) is 17.7 Å². The van der Waals surface area contributed by atoms with Gasteiger partial charge in [-0.15, -0.1) is 0 Å². The number of benzene rings is 1. The summed E-state index contributed by atoms with van der Waals surface area (Å²) in [6.07, 6.45) is 7.42. The predicted octanol–water partition coefficient (Wildman–Crippen LogP) is 3.24. The van der Waals surface area contributed by atoms with Crippen LogP contribution < -0.4 is 0 Å². The molecule has 5 nitrogen and oxygen atoms in total. The second kappa shape index (κ2) is 8.75. The van der Waals surface area contributed by atoms with Crippen molar-refractivity contribution in [3.8, 4) is 0 Å². The molecule has 1 aromatic carbocycles. The first kappa shape index (κ1) is 20.8. The first-order valence-electron chi connectivity index (χ1n) is 11.3. The van der Waals surface area contributed by atoms with Gasteiger partial charge in [0.15, 0.2) is 0 Å². The summed E-state index contributed by atoms with van der Waals surface area (Å²) in [5.41, 5.74) is 2.23. The first-order valence-corrected chi connectivity index (χ1v) is 11.3. The molecule has 2 heterocycles. The van der Waals surface area contributed by atoms with E-state index in [2.05, 4.69) is 11.9 Å². The Morgan fingerprint density at radius 1 is 1.17 bits per heavy atom. The molecule has 1 atom stereocenters. The summed E-state index contributed by atoms with van der Waals surface area (Å²) >= 11 is 0. The van der Waals surface area contributed by atoms with Gasteiger partial charge in [0.1, 0.15) is 0 Å². The minimum atomic E-state index is -0.0987. The van der Waals surface area contributed by atoms with E-state index in [9.17, 15) is 9.90 Å². The number of likely N-dealkylation sites (tertiary alicyclic amines) is 1. The van der Waals surface area contributed by atoms with Gasteiger partial charge >= 0.3 is 0 Å². The standard InChI is InChI=1S/C24H36N2O3/c1-18-3-5-19(6-4-18)23(28)26-13-11-24(12-14-26)15-22(29-17-24)16-25(2)20-7-9-21(27)10-8-20/h3-6,20-22,27H,7-17H2,1-2H3. The third-order valence-corrected chi connectivity index (χ3v) is 7.48. The first-order chi connectivity index (χ1) is 13.9. The molecule has 2 saturated heterocycles. The molecule has 1 unspecified atom stereocenters. The monoisotopic (exact) mass is 400 g/mol. The number of piperidine rings is 1. The molecular weight excluding hydrogens is 364 g/mol. The van der Waals surface area contributed by atoms with E-state index in [-0.39, 0.29) is 17.4 Å². The predicted molar refractivity (Wildman–Crippen MR) is 114 cm³/mol. The van der Waals surface area contributed by atoms with Crippen molar-refractivity contribution < 1.29 is 14.6 Å². The van der Waals surface area contributed by atoms with Crippen LogP contribution in [0.1, 0.15) is 60.9 Å². The van der Waals surface area contributed by atoms with Crippen LogP contribution >= 0.6 is 0 Å². The molecule has 0 aromatic heterocycles. The molecule has 1 aliphatic carbocycles. The van der Waals surface area contributed by atoms with Gasteiger partial charge < -0.3 is 19.6 Å². The maximum absolute atomic E-state index is 12.8. The van der Waals surface area contributed by atoms with Crippen LogP contribution in [0.4, 0.5) is 0 Å². The highest BCUT2D eigenvalue weighted by molar-refractivity contribution is 5.94. The summed E-state index contributed by atoms with van der Waals surface area (Å²) in [5.74, 6) is 0.162. The van der Waals surface area contributed by atoms with Gasteiger partial charge in [-0.3, -0.25) is 4.79 Å². The van der Waals surface area contributed by atoms with E-state index in [4.69, 9.17) is 4.74 Å². The van der Waals surface area contributed by atoms with Crippen molar-refractivity contribution in [2.45, 2.75) is 70.1 Å². The van der Waals surface area contributed by atoms with E-state index < -0.39 is 0 Å². The summed E-state index contributed by atoms with van der Waals surface area (Å²) in [6.45, 7) is 5.53. The minimum Gasteiger partial charge on any atom is -0.393 e. The van der Waals surface area contributed by atoms with E-state index in [0.29, 0.717) is 12.1 Å². The third kappa shape index (κ3) is 4.84. The lowest BCUT2D eigenvalue weighted by atomic mass is 9.76. The van der Waals surface area contributed by atoms with Crippen LogP contribution in [0.15, 0.2) is 24.3 Å². The molecule has 4 rings (SSSR count). The lowest BCUT2D eigenvalue weighted by Crippen LogP contribution is -2.44. The summed E-state index contributed by atoms with van der Waals surface area (Å²) in [7, 11) is 2.21. The Morgan fingerprint density at radius 2 is 1.83 bits per heavy atom. The molecule has 1 amide bonds. The van der Waals surface area contributed by atoms with Crippen LogP contribution in [0.25, 0.3) is 0 Å². The molecule has 3 aliphatic rings. The van der Waals surface area contributed by atoms with Gasteiger partial charge in [-0.2, -0.15) is 0 Å². The van der Waals surface area contributed by atoms with Gasteiger partial charge in [-0.25, -0.2) is 0 Å². The van der Waals surface area contributed by atoms with Crippen LogP contribution in [0.5, 0.6) is 0 Å². The highest BCUT2D eigenvalue weighted by atomic mass is 16.5. The van der Waals surface area contributed by atoms with Crippen molar-refractivity contribution in [2.75, 3.05) is 33.3 Å². The van der Waals surface area contributed by atoms with Crippen LogP contribution in [0.2, 0.25) is 0 Å². The Bertz CT molecular complexity index is 689. The van der Waals surface area contributed by atoms with Crippen molar-refractivity contribution >= 4 is 5.91 Å². The number of rotatable bonds is 4. The molecule has 0 bridgehead atoms. The summed E-state index contributed by atoms with van der Waals surface area (Å²) in [5, 5.41) is 9.73. The smallest absolute Gasteiger partial charge is 0.253 e. The summed E-state index contributed by atoms with van der Waals surface area (Å²) in [4.78, 5) is 17.3. The Hall–Kier alpha value is -1.43. The SMILES string of the molecule is Cc1ccc(C(=O)N2CCC3(CC2)COC(CN(C)C2CCC(O)CC2)C3)cc1. The fourth-order valence-electron chi connectivity index (χ4n) is 5.39. The molecule has 3 fully saturated rings. The quantitative estimate of drug-likeness (QED) is 0.843. The highest BCUT2D eigenvalue weighted by Gasteiger charge is 2.43. The lowest BCUT2D eigenvalue weighted by molar-refractivity contribution is 0.0336. The zero-order chi connectivity index (χ0) is 20.4. The average Bonchev–Trinajstić information content (AvgIpc) is 3.11. The summed E-state index contributed by atoms with van der Waals surface area (Å²) in [6, 6.07) is 8.48. The number of carbonyl (C=O) groups excluding carboxylic acids is 1. The molecule has 1 N–H and O–H groups in total. The van der Waals surface area contributed by atoms with Crippen molar-refractivity contribution in [1.82, 2.24) is 9.80 Å². The molecule has 1 saturated carbocycles. The van der Waals surface area contributed by atoms with Crippen molar-refractivity contribution in [3.05, 3.63) is 35.4 Å². The number of nitrogens with zero attached hydrogens (tertiary/aromatic N) is 2. The largest absolute Gasteiger partial charge is 0.393 e. The number of aliphatic hydroxyl groups is 1. The topological polar surface area (TPSA) is 53.0 Å². The minimum absolute atomic E-state index is 0.0987. The third-order valence-electron chi connectivity index (χ3n) is 7.48. The van der Waals surface area contributed by atoms with E-state index in [1.165, 1.54) is 5.56 Å². The average molecular weight is 401 g/mol. The highest BCUT2D eigenvalue weighted by Crippen LogP contribution is 2.42. The zero-order valence-electron chi connectivity index (χ0n) is 18.0. The normalized spacial score (nSPS) is 29.5. The van der Waals surface area contributed by atoms with Gasteiger partial charge in [0.2, 0.25) is 0 Å². The molecule has 1 spiro atoms. The number of aliphatic hydroxyl groups excluding tert-OH is 1. The van der Waals surface area contributed by atoms with Crippen LogP contribution in [-0.4, -0.2) is 72.4 Å². The molecule has 160 valence electrons. The molecule has 5 heteroatoms. The van der Waals surface area contributed by atoms with Crippen LogP contribution in [-0.2, 0) is 4.74 Å². The fraction of sp³-hybridized carbons (Fsp3) is 0.708. The lowest BCUT2D eigenvalue weighted by Gasteiger charge is -2.39. The van der Waals surface area contributed by atoms with E-state index >= 15 is 0 Å². The second-order valence-corrected chi connectivity index (χ2v) is 9.70. The molecule has 1 aromatic rings. The van der Waals surface area contributed by atoms with Gasteiger partial charge in [0.25, 0.3) is 5.91 Å². The number of carbonyl (C=O) groups is 1. The fourth-order valence-corrected chi connectivity index (χ4v) is 5.39. The Labute approximate surface area is 175 Å². The molecule has 2 aliphatic heterocycles. The number of aryl methyl sites for hydroxylation is 1. The zero-order valence-corrected chi connectivity index (χ0v) is 18.0. The van der Waals surface area contributed by atoms with Crippen molar-refractivity contribution in [3.63, 3.8) is 0 Å². The summed E-state index contributed by atoms with van der Waals surface area (Å²) < 4.78 is 6.23. The maximum Gasteiger partial charge on any atom is 0.253 e. The number of ether oxygens (including phenoxy) is 1. The Kier molecular flexibility index (Phi) is 6.28. The van der Waals surface area contributed by atoms with Crippen LogP contribution in [0, 0.1) is 12.3 Å². The van der Waals surface area contributed by atoms with Crippen molar-refractivity contribution in [2.24, 2.45) is 5.41 Å². The van der Waals surface area contributed by atoms with Crippen molar-refractivity contribution in [1.29, 1.82) is 0 Å². The number of hydrogen-bond acceptors (Lipinski definition) is 4. The Balaban J connectivity index is 1.26. The number of hydrogen-bond donors (Lipinski definition) is 1. The van der Waals surface area contributed by atoms with Gasteiger partial charge in [0.05, 0.1) is 18.8 Å². The molecule has 0 radical (unpaired) electrons. The van der Waals surface area contributed by atoms with E-state index in [1.54, 1.807) is 0 Å². The van der Waals surface area contributed by atoms with Gasteiger partial charge in [0, 0.05) is 31.2 Å². The van der Waals surface area contributed by atoms with E-state index in [0.717, 1.165) is 76.8 Å². The Morgan fingerprint density at radius 3 is 2.48 bits per heavy atom. The number of amides is 1. The number of likely N-dealkylation sites (N-methyl/N-ethyl adjacent to an activating group) is 1. The second-order valence-electron chi connectivity index (χ2n) is 9.70. The molecular formula is C24H36N2O3. The molecule has 29 heavy (non-hydrogen) atoms. The van der Waals surface area contributed by atoms with E-state index in [1.807, 2.05) is 36.1 Å². The van der Waals surface area contributed by atoms with Crippen LogP contribution in [0.3, 0.4) is 0 Å². The van der Waals surface area contributed by atoms with Gasteiger partial charge in [-0.05, 0) is 76.5 Å².